The summed E-state index contributed by atoms with van der Waals surface area (Å²) in [5.41, 5.74) is 2.40. The van der Waals surface area contributed by atoms with Crippen LogP contribution in [0.5, 0.6) is 0 Å². The van der Waals surface area contributed by atoms with Crippen molar-refractivity contribution < 1.29 is 0 Å². The summed E-state index contributed by atoms with van der Waals surface area (Å²) >= 11 is 0. The number of anilines is 2. The van der Waals surface area contributed by atoms with Crippen LogP contribution in [0.25, 0.3) is 0 Å². The second kappa shape index (κ2) is 5.89. The SMILES string of the molecule is CCCNc1cncc(NC(C)C(C)(C)C)c1. The van der Waals surface area contributed by atoms with Gasteiger partial charge in [0.1, 0.15) is 0 Å². The highest BCUT2D eigenvalue weighted by atomic mass is 15.0. The molecule has 3 heteroatoms. The van der Waals surface area contributed by atoms with E-state index in [1.54, 1.807) is 0 Å². The second-order valence-electron chi connectivity index (χ2n) is 5.62. The molecule has 0 fully saturated rings. The van der Waals surface area contributed by atoms with Gasteiger partial charge in [-0.05, 0) is 24.8 Å². The molecule has 2 N–H and O–H groups in total. The van der Waals surface area contributed by atoms with Crippen LogP contribution < -0.4 is 10.6 Å². The van der Waals surface area contributed by atoms with Crippen molar-refractivity contribution in [2.75, 3.05) is 17.2 Å². The van der Waals surface area contributed by atoms with Crippen molar-refractivity contribution in [2.24, 2.45) is 5.41 Å². The minimum absolute atomic E-state index is 0.243. The van der Waals surface area contributed by atoms with Gasteiger partial charge >= 0.3 is 0 Å². The van der Waals surface area contributed by atoms with Crippen LogP contribution >= 0.6 is 0 Å². The molecule has 1 aromatic rings. The van der Waals surface area contributed by atoms with Crippen LogP contribution in [0.2, 0.25) is 0 Å². The Kier molecular flexibility index (Phi) is 4.79. The predicted molar refractivity (Wildman–Crippen MR) is 75.6 cm³/mol. The van der Waals surface area contributed by atoms with Gasteiger partial charge in [0.25, 0.3) is 0 Å². The first-order chi connectivity index (χ1) is 7.93. The minimum Gasteiger partial charge on any atom is -0.384 e. The Morgan fingerprint density at radius 2 is 1.88 bits per heavy atom. The lowest BCUT2D eigenvalue weighted by atomic mass is 9.88. The monoisotopic (exact) mass is 235 g/mol. The summed E-state index contributed by atoms with van der Waals surface area (Å²) in [6.45, 7) is 12.0. The molecule has 1 atom stereocenters. The minimum atomic E-state index is 0.243. The summed E-state index contributed by atoms with van der Waals surface area (Å²) < 4.78 is 0. The Balaban J connectivity index is 2.65. The number of hydrogen-bond donors (Lipinski definition) is 2. The molecule has 0 aliphatic rings. The molecule has 0 aromatic carbocycles. The van der Waals surface area contributed by atoms with Crippen molar-refractivity contribution in [1.29, 1.82) is 0 Å². The fourth-order valence-corrected chi connectivity index (χ4v) is 1.35. The van der Waals surface area contributed by atoms with E-state index >= 15 is 0 Å². The average Bonchev–Trinajstić information content (AvgIpc) is 2.25. The lowest BCUT2D eigenvalue weighted by Crippen LogP contribution is -2.30. The van der Waals surface area contributed by atoms with Crippen LogP contribution in [0.3, 0.4) is 0 Å². The van der Waals surface area contributed by atoms with Crippen molar-refractivity contribution in [3.63, 3.8) is 0 Å². The van der Waals surface area contributed by atoms with E-state index in [4.69, 9.17) is 0 Å². The third kappa shape index (κ3) is 4.63. The summed E-state index contributed by atoms with van der Waals surface area (Å²) in [6, 6.07) is 2.52. The highest BCUT2D eigenvalue weighted by Gasteiger charge is 2.19. The van der Waals surface area contributed by atoms with Gasteiger partial charge in [-0.15, -0.1) is 0 Å². The van der Waals surface area contributed by atoms with E-state index < -0.39 is 0 Å². The number of rotatable bonds is 5. The van der Waals surface area contributed by atoms with E-state index in [-0.39, 0.29) is 5.41 Å². The third-order valence-electron chi connectivity index (χ3n) is 3.00. The van der Waals surface area contributed by atoms with Crippen LogP contribution in [-0.2, 0) is 0 Å². The van der Waals surface area contributed by atoms with E-state index in [9.17, 15) is 0 Å². The molecule has 96 valence electrons. The van der Waals surface area contributed by atoms with Crippen LogP contribution in [-0.4, -0.2) is 17.6 Å². The Morgan fingerprint density at radius 1 is 1.24 bits per heavy atom. The van der Waals surface area contributed by atoms with Crippen LogP contribution in [0.4, 0.5) is 11.4 Å². The molecular weight excluding hydrogens is 210 g/mol. The number of hydrogen-bond acceptors (Lipinski definition) is 3. The first-order valence-corrected chi connectivity index (χ1v) is 6.39. The molecule has 1 unspecified atom stereocenters. The summed E-state index contributed by atoms with van der Waals surface area (Å²) in [4.78, 5) is 4.25. The maximum Gasteiger partial charge on any atom is 0.0549 e. The fraction of sp³-hybridized carbons (Fsp3) is 0.643. The summed E-state index contributed by atoms with van der Waals surface area (Å²) in [5.74, 6) is 0. The molecule has 0 saturated carbocycles. The van der Waals surface area contributed by atoms with Gasteiger partial charge in [0, 0.05) is 12.6 Å². The van der Waals surface area contributed by atoms with Gasteiger partial charge in [-0.25, -0.2) is 0 Å². The quantitative estimate of drug-likeness (QED) is 0.816. The largest absolute Gasteiger partial charge is 0.384 e. The summed E-state index contributed by atoms with van der Waals surface area (Å²) in [7, 11) is 0. The molecule has 0 aliphatic heterocycles. The molecule has 0 bridgehead atoms. The molecule has 0 aliphatic carbocycles. The van der Waals surface area contributed by atoms with Crippen LogP contribution in [0.1, 0.15) is 41.0 Å². The number of aromatic nitrogens is 1. The normalized spacial score (nSPS) is 13.2. The molecule has 1 aromatic heterocycles. The molecule has 1 heterocycles. The van der Waals surface area contributed by atoms with Gasteiger partial charge in [-0.1, -0.05) is 27.7 Å². The number of pyridine rings is 1. The molecule has 3 nitrogen and oxygen atoms in total. The van der Waals surface area contributed by atoms with E-state index in [0.29, 0.717) is 6.04 Å². The van der Waals surface area contributed by atoms with Gasteiger partial charge in [-0.3, -0.25) is 4.98 Å². The van der Waals surface area contributed by atoms with Crippen molar-refractivity contribution >= 4 is 11.4 Å². The van der Waals surface area contributed by atoms with Crippen molar-refractivity contribution in [3.8, 4) is 0 Å². The topological polar surface area (TPSA) is 37.0 Å². The molecule has 17 heavy (non-hydrogen) atoms. The molecule has 1 rings (SSSR count). The zero-order chi connectivity index (χ0) is 12.9. The van der Waals surface area contributed by atoms with E-state index in [1.807, 2.05) is 12.4 Å². The summed E-state index contributed by atoms with van der Waals surface area (Å²) in [6.07, 6.45) is 4.86. The Bertz CT molecular complexity index is 342. The van der Waals surface area contributed by atoms with Crippen molar-refractivity contribution in [1.82, 2.24) is 4.98 Å². The lowest BCUT2D eigenvalue weighted by Gasteiger charge is -2.29. The lowest BCUT2D eigenvalue weighted by molar-refractivity contribution is 0.359. The zero-order valence-electron chi connectivity index (χ0n) is 11.7. The summed E-state index contributed by atoms with van der Waals surface area (Å²) in [5, 5.41) is 6.84. The highest BCUT2D eigenvalue weighted by Crippen LogP contribution is 2.23. The number of nitrogens with zero attached hydrogens (tertiary/aromatic N) is 1. The standard InChI is InChI=1S/C14H25N3/c1-6-7-16-12-8-13(10-15-9-12)17-11(2)14(3,4)5/h8-11,16-17H,6-7H2,1-5H3. The maximum atomic E-state index is 4.25. The maximum absolute atomic E-state index is 4.25. The van der Waals surface area contributed by atoms with Crippen LogP contribution in [0, 0.1) is 5.41 Å². The Hall–Kier alpha value is -1.25. The molecule has 0 radical (unpaired) electrons. The first kappa shape index (κ1) is 13.8. The van der Waals surface area contributed by atoms with E-state index in [1.165, 1.54) is 0 Å². The van der Waals surface area contributed by atoms with Crippen molar-refractivity contribution in [3.05, 3.63) is 18.5 Å². The molecule has 0 amide bonds. The van der Waals surface area contributed by atoms with Crippen molar-refractivity contribution in [2.45, 2.75) is 47.1 Å². The molecule has 0 spiro atoms. The van der Waals surface area contributed by atoms with Gasteiger partial charge < -0.3 is 10.6 Å². The number of nitrogens with one attached hydrogen (secondary N) is 2. The van der Waals surface area contributed by atoms with E-state index in [0.717, 1.165) is 24.3 Å². The predicted octanol–water partition coefficient (Wildman–Crippen LogP) is 3.75. The highest BCUT2D eigenvalue weighted by molar-refractivity contribution is 5.54. The fourth-order valence-electron chi connectivity index (χ4n) is 1.35. The van der Waals surface area contributed by atoms with Gasteiger partial charge in [-0.2, -0.15) is 0 Å². The van der Waals surface area contributed by atoms with E-state index in [2.05, 4.69) is 56.3 Å². The van der Waals surface area contributed by atoms with Crippen LogP contribution in [0.15, 0.2) is 18.5 Å². The smallest absolute Gasteiger partial charge is 0.0549 e. The molecule has 0 saturated heterocycles. The van der Waals surface area contributed by atoms with Gasteiger partial charge in [0.05, 0.1) is 23.8 Å². The van der Waals surface area contributed by atoms with Gasteiger partial charge in [0.15, 0.2) is 0 Å². The molecular formula is C14H25N3. The van der Waals surface area contributed by atoms with Gasteiger partial charge in [0.2, 0.25) is 0 Å². The Labute approximate surface area is 105 Å². The zero-order valence-corrected chi connectivity index (χ0v) is 11.7. The third-order valence-corrected chi connectivity index (χ3v) is 3.00. The first-order valence-electron chi connectivity index (χ1n) is 6.39. The average molecular weight is 235 g/mol. The Morgan fingerprint density at radius 3 is 2.47 bits per heavy atom. The second-order valence-corrected chi connectivity index (χ2v) is 5.62.